The van der Waals surface area contributed by atoms with Crippen LogP contribution in [0.5, 0.6) is 0 Å². The first-order valence-corrected chi connectivity index (χ1v) is 8.52. The van der Waals surface area contributed by atoms with E-state index in [1.165, 1.54) is 9.88 Å². The summed E-state index contributed by atoms with van der Waals surface area (Å²) in [6, 6.07) is 0. The van der Waals surface area contributed by atoms with Crippen molar-refractivity contribution < 1.29 is 0 Å². The minimum atomic E-state index is 0. The van der Waals surface area contributed by atoms with Crippen molar-refractivity contribution in [2.24, 2.45) is 4.99 Å². The Labute approximate surface area is 156 Å². The fraction of sp³-hybridized carbons (Fsp3) is 0.733. The molecule has 7 heteroatoms. The van der Waals surface area contributed by atoms with Gasteiger partial charge in [-0.1, -0.05) is 13.8 Å². The summed E-state index contributed by atoms with van der Waals surface area (Å²) in [5.41, 5.74) is 1.15. The quantitative estimate of drug-likeness (QED) is 0.371. The van der Waals surface area contributed by atoms with Gasteiger partial charge in [-0.2, -0.15) is 0 Å². The van der Waals surface area contributed by atoms with Crippen LogP contribution in [-0.4, -0.2) is 55.6 Å². The van der Waals surface area contributed by atoms with E-state index >= 15 is 0 Å². The third kappa shape index (κ3) is 7.73. The lowest BCUT2D eigenvalue weighted by molar-refractivity contribution is 0.308. The van der Waals surface area contributed by atoms with E-state index in [9.17, 15) is 0 Å². The van der Waals surface area contributed by atoms with Gasteiger partial charge >= 0.3 is 0 Å². The molecule has 1 heterocycles. The molecular formula is C15H30IN5S. The average molecular weight is 439 g/mol. The Morgan fingerprint density at radius 1 is 1.18 bits per heavy atom. The molecule has 0 radical (unpaired) electrons. The van der Waals surface area contributed by atoms with Crippen molar-refractivity contribution in [2.45, 2.75) is 34.1 Å². The highest BCUT2D eigenvalue weighted by Gasteiger charge is 2.04. The molecule has 2 N–H and O–H groups in total. The van der Waals surface area contributed by atoms with Gasteiger partial charge in [-0.15, -0.1) is 35.3 Å². The Bertz CT molecular complexity index is 424. The van der Waals surface area contributed by atoms with Crippen LogP contribution in [0.1, 0.15) is 29.4 Å². The fourth-order valence-corrected chi connectivity index (χ4v) is 2.96. The molecule has 0 saturated heterocycles. The van der Waals surface area contributed by atoms with Gasteiger partial charge in [-0.05, 0) is 26.9 Å². The van der Waals surface area contributed by atoms with Crippen molar-refractivity contribution in [3.63, 3.8) is 0 Å². The average Bonchev–Trinajstić information content (AvgIpc) is 2.80. The molecule has 0 aliphatic carbocycles. The number of nitrogens with one attached hydrogen (secondary N) is 2. The van der Waals surface area contributed by atoms with Crippen LogP contribution < -0.4 is 10.6 Å². The summed E-state index contributed by atoms with van der Waals surface area (Å²) in [4.78, 5) is 12.5. The summed E-state index contributed by atoms with van der Waals surface area (Å²) in [7, 11) is 1.81. The van der Waals surface area contributed by atoms with Gasteiger partial charge in [-0.25, -0.2) is 4.98 Å². The second kappa shape index (κ2) is 12.1. The van der Waals surface area contributed by atoms with Crippen LogP contribution in [0.4, 0.5) is 0 Å². The zero-order valence-corrected chi connectivity index (χ0v) is 17.5. The normalized spacial score (nSPS) is 11.5. The number of aliphatic imine (C=N–C) groups is 1. The van der Waals surface area contributed by atoms with E-state index in [0.717, 1.165) is 50.8 Å². The number of rotatable bonds is 8. The lowest BCUT2D eigenvalue weighted by atomic mass is 10.4. The first-order valence-electron chi connectivity index (χ1n) is 7.70. The molecule has 0 atom stereocenters. The van der Waals surface area contributed by atoms with Crippen molar-refractivity contribution in [1.29, 1.82) is 0 Å². The molecule has 0 spiro atoms. The van der Waals surface area contributed by atoms with Crippen LogP contribution in [0.2, 0.25) is 0 Å². The minimum absolute atomic E-state index is 0. The highest BCUT2D eigenvalue weighted by molar-refractivity contribution is 14.0. The Morgan fingerprint density at radius 2 is 1.82 bits per heavy atom. The Hall–Kier alpha value is -0.410. The zero-order chi connectivity index (χ0) is 15.7. The summed E-state index contributed by atoms with van der Waals surface area (Å²) < 4.78 is 0. The van der Waals surface area contributed by atoms with E-state index in [0.29, 0.717) is 0 Å². The van der Waals surface area contributed by atoms with Gasteiger partial charge in [-0.3, -0.25) is 4.99 Å². The molecule has 1 rings (SSSR count). The maximum Gasteiger partial charge on any atom is 0.191 e. The Balaban J connectivity index is 0.00000441. The highest BCUT2D eigenvalue weighted by atomic mass is 127. The topological polar surface area (TPSA) is 52.5 Å². The van der Waals surface area contributed by atoms with Crippen LogP contribution in [0.25, 0.3) is 0 Å². The molecule has 0 saturated carbocycles. The van der Waals surface area contributed by atoms with Crippen LogP contribution in [0.3, 0.4) is 0 Å². The monoisotopic (exact) mass is 439 g/mol. The van der Waals surface area contributed by atoms with Crippen LogP contribution in [-0.2, 0) is 6.42 Å². The molecule has 1 aromatic rings. The van der Waals surface area contributed by atoms with Crippen LogP contribution in [0.15, 0.2) is 4.99 Å². The van der Waals surface area contributed by atoms with Gasteiger partial charge in [0.15, 0.2) is 5.96 Å². The number of likely N-dealkylation sites (N-methyl/N-ethyl adjacent to an activating group) is 1. The first kappa shape index (κ1) is 21.6. The Kier molecular flexibility index (Phi) is 11.8. The number of thiazole rings is 1. The molecular weight excluding hydrogens is 409 g/mol. The molecule has 128 valence electrons. The highest BCUT2D eigenvalue weighted by Crippen LogP contribution is 2.16. The molecule has 0 aliphatic heterocycles. The van der Waals surface area contributed by atoms with Gasteiger partial charge < -0.3 is 15.5 Å². The van der Waals surface area contributed by atoms with Crippen molar-refractivity contribution in [3.05, 3.63) is 15.6 Å². The van der Waals surface area contributed by atoms with Gasteiger partial charge in [0.2, 0.25) is 0 Å². The zero-order valence-electron chi connectivity index (χ0n) is 14.4. The molecule has 0 aromatic carbocycles. The van der Waals surface area contributed by atoms with E-state index in [1.54, 1.807) is 11.3 Å². The standard InChI is InChI=1S/C15H29N5S.HI/c1-6-20(7-2)11-10-18-15(16-5)17-9-8-14-19-12(3)13(4)21-14;/h6-11H2,1-5H3,(H2,16,17,18);1H. The number of guanidine groups is 1. The number of nitrogens with zero attached hydrogens (tertiary/aromatic N) is 3. The summed E-state index contributed by atoms with van der Waals surface area (Å²) in [6.07, 6.45) is 0.941. The van der Waals surface area contributed by atoms with Gasteiger partial charge in [0.05, 0.1) is 10.7 Å². The molecule has 22 heavy (non-hydrogen) atoms. The molecule has 0 aliphatic rings. The maximum absolute atomic E-state index is 4.55. The largest absolute Gasteiger partial charge is 0.356 e. The van der Waals surface area contributed by atoms with Gasteiger partial charge in [0.25, 0.3) is 0 Å². The van der Waals surface area contributed by atoms with Crippen molar-refractivity contribution in [2.75, 3.05) is 39.8 Å². The summed E-state index contributed by atoms with van der Waals surface area (Å²) in [5, 5.41) is 7.89. The number of hydrogen-bond donors (Lipinski definition) is 2. The fourth-order valence-electron chi connectivity index (χ4n) is 2.03. The van der Waals surface area contributed by atoms with E-state index in [-0.39, 0.29) is 24.0 Å². The summed E-state index contributed by atoms with van der Waals surface area (Å²) in [6.45, 7) is 13.6. The van der Waals surface area contributed by atoms with E-state index < -0.39 is 0 Å². The summed E-state index contributed by atoms with van der Waals surface area (Å²) in [5.74, 6) is 0.868. The molecule has 0 fully saturated rings. The molecule has 5 nitrogen and oxygen atoms in total. The third-order valence-corrected chi connectivity index (χ3v) is 4.68. The first-order chi connectivity index (χ1) is 10.1. The van der Waals surface area contributed by atoms with Crippen LogP contribution >= 0.6 is 35.3 Å². The molecule has 0 bridgehead atoms. The predicted octanol–water partition coefficient (Wildman–Crippen LogP) is 2.43. The van der Waals surface area contributed by atoms with E-state index in [1.807, 2.05) is 7.05 Å². The number of aromatic nitrogens is 1. The van der Waals surface area contributed by atoms with Crippen molar-refractivity contribution in [1.82, 2.24) is 20.5 Å². The van der Waals surface area contributed by atoms with Gasteiger partial charge in [0.1, 0.15) is 0 Å². The number of aryl methyl sites for hydroxylation is 2. The van der Waals surface area contributed by atoms with Gasteiger partial charge in [0, 0.05) is 38.0 Å². The molecule has 1 aromatic heterocycles. The maximum atomic E-state index is 4.55. The number of hydrogen-bond acceptors (Lipinski definition) is 4. The van der Waals surface area contributed by atoms with Crippen molar-refractivity contribution in [3.8, 4) is 0 Å². The Morgan fingerprint density at radius 3 is 2.32 bits per heavy atom. The van der Waals surface area contributed by atoms with E-state index in [4.69, 9.17) is 0 Å². The van der Waals surface area contributed by atoms with Crippen LogP contribution in [0, 0.1) is 13.8 Å². The third-order valence-electron chi connectivity index (χ3n) is 3.54. The lowest BCUT2D eigenvalue weighted by Gasteiger charge is -2.19. The predicted molar refractivity (Wildman–Crippen MR) is 108 cm³/mol. The lowest BCUT2D eigenvalue weighted by Crippen LogP contribution is -2.42. The SMILES string of the molecule is CCN(CC)CCNC(=NC)NCCc1nc(C)c(C)s1.I. The number of halogens is 1. The smallest absolute Gasteiger partial charge is 0.191 e. The molecule has 0 unspecified atom stereocenters. The summed E-state index contributed by atoms with van der Waals surface area (Å²) >= 11 is 1.78. The van der Waals surface area contributed by atoms with E-state index in [2.05, 4.69) is 53.2 Å². The second-order valence-corrected chi connectivity index (χ2v) is 6.24. The molecule has 0 amide bonds. The second-order valence-electron chi connectivity index (χ2n) is 4.95. The van der Waals surface area contributed by atoms with Crippen molar-refractivity contribution >= 4 is 41.3 Å². The minimum Gasteiger partial charge on any atom is -0.356 e.